The van der Waals surface area contributed by atoms with Gasteiger partial charge >= 0.3 is 0 Å². The fourth-order valence-electron chi connectivity index (χ4n) is 2.21. The van der Waals surface area contributed by atoms with Crippen molar-refractivity contribution in [1.82, 2.24) is 0 Å². The van der Waals surface area contributed by atoms with E-state index in [0.29, 0.717) is 17.9 Å². The second-order valence-electron chi connectivity index (χ2n) is 4.13. The SMILES string of the molecule is C[C@@H]1COC2(C)C1OC[C@H]2C.[HH].[HH]. The molecule has 0 aliphatic carbocycles. The van der Waals surface area contributed by atoms with Crippen LogP contribution in [0, 0.1) is 11.8 Å². The van der Waals surface area contributed by atoms with Crippen molar-refractivity contribution >= 4 is 0 Å². The lowest BCUT2D eigenvalue weighted by Gasteiger charge is -2.26. The fraction of sp³-hybridized carbons (Fsp3) is 1.00. The molecule has 2 rings (SSSR count). The molecule has 2 aliphatic rings. The maximum atomic E-state index is 5.76. The Kier molecular flexibility index (Phi) is 1.52. The lowest BCUT2D eigenvalue weighted by atomic mass is 9.86. The molecular formula is C9H20O2. The lowest BCUT2D eigenvalue weighted by Crippen LogP contribution is -2.37. The Bertz CT molecular complexity index is 177. The zero-order chi connectivity index (χ0) is 8.06. The van der Waals surface area contributed by atoms with Crippen LogP contribution in [0.1, 0.15) is 23.6 Å². The highest BCUT2D eigenvalue weighted by atomic mass is 16.6. The number of fused-ring (bicyclic) bond motifs is 1. The third-order valence-corrected chi connectivity index (χ3v) is 3.24. The van der Waals surface area contributed by atoms with Crippen molar-refractivity contribution in [2.24, 2.45) is 11.8 Å². The van der Waals surface area contributed by atoms with Gasteiger partial charge in [-0.25, -0.2) is 0 Å². The van der Waals surface area contributed by atoms with E-state index >= 15 is 0 Å². The molecule has 0 aromatic heterocycles. The van der Waals surface area contributed by atoms with Crippen LogP contribution in [0.5, 0.6) is 0 Å². The van der Waals surface area contributed by atoms with E-state index in [-0.39, 0.29) is 8.45 Å². The molecule has 0 spiro atoms. The van der Waals surface area contributed by atoms with Crippen LogP contribution in [-0.4, -0.2) is 24.9 Å². The van der Waals surface area contributed by atoms with Gasteiger partial charge in [0.2, 0.25) is 0 Å². The molecule has 0 aromatic carbocycles. The second-order valence-corrected chi connectivity index (χ2v) is 4.13. The molecule has 2 unspecified atom stereocenters. The van der Waals surface area contributed by atoms with Gasteiger partial charge < -0.3 is 9.47 Å². The van der Waals surface area contributed by atoms with Gasteiger partial charge in [0.15, 0.2) is 0 Å². The van der Waals surface area contributed by atoms with E-state index in [4.69, 9.17) is 9.47 Å². The van der Waals surface area contributed by atoms with Crippen LogP contribution < -0.4 is 0 Å². The lowest BCUT2D eigenvalue weighted by molar-refractivity contribution is -0.0244. The second kappa shape index (κ2) is 2.20. The highest BCUT2D eigenvalue weighted by molar-refractivity contribution is 5.01. The Morgan fingerprint density at radius 1 is 1.36 bits per heavy atom. The highest BCUT2D eigenvalue weighted by Gasteiger charge is 2.53. The van der Waals surface area contributed by atoms with Gasteiger partial charge in [-0.1, -0.05) is 13.8 Å². The normalized spacial score (nSPS) is 56.5. The third-order valence-electron chi connectivity index (χ3n) is 3.24. The molecule has 2 saturated heterocycles. The van der Waals surface area contributed by atoms with Crippen LogP contribution in [-0.2, 0) is 9.47 Å². The molecule has 2 heteroatoms. The molecule has 0 saturated carbocycles. The van der Waals surface area contributed by atoms with Gasteiger partial charge in [-0.15, -0.1) is 0 Å². The van der Waals surface area contributed by atoms with Crippen molar-refractivity contribution in [2.45, 2.75) is 32.5 Å². The molecule has 0 aromatic rings. The summed E-state index contributed by atoms with van der Waals surface area (Å²) in [7, 11) is 0. The van der Waals surface area contributed by atoms with Crippen LogP contribution in [0.4, 0.5) is 0 Å². The Balaban J connectivity index is 0.000000720. The topological polar surface area (TPSA) is 18.5 Å². The summed E-state index contributed by atoms with van der Waals surface area (Å²) in [6, 6.07) is 0. The fourth-order valence-corrected chi connectivity index (χ4v) is 2.21. The summed E-state index contributed by atoms with van der Waals surface area (Å²) in [5.41, 5.74) is 0.0133. The molecular weight excluding hydrogens is 140 g/mol. The monoisotopic (exact) mass is 160 g/mol. The molecule has 0 bridgehead atoms. The summed E-state index contributed by atoms with van der Waals surface area (Å²) < 4.78 is 11.4. The van der Waals surface area contributed by atoms with Gasteiger partial charge in [0.05, 0.1) is 24.9 Å². The van der Waals surface area contributed by atoms with Gasteiger partial charge in [-0.3, -0.25) is 0 Å². The van der Waals surface area contributed by atoms with Crippen LogP contribution in [0.3, 0.4) is 0 Å². The van der Waals surface area contributed by atoms with E-state index in [1.54, 1.807) is 0 Å². The van der Waals surface area contributed by atoms with Gasteiger partial charge in [0, 0.05) is 14.7 Å². The van der Waals surface area contributed by atoms with Gasteiger partial charge in [0.25, 0.3) is 0 Å². The Morgan fingerprint density at radius 3 is 2.73 bits per heavy atom. The van der Waals surface area contributed by atoms with Crippen molar-refractivity contribution < 1.29 is 12.3 Å². The van der Waals surface area contributed by atoms with E-state index in [1.165, 1.54) is 0 Å². The summed E-state index contributed by atoms with van der Waals surface area (Å²) in [5, 5.41) is 0. The number of hydrogen-bond donors (Lipinski definition) is 0. The largest absolute Gasteiger partial charge is 0.374 e. The molecule has 2 fully saturated rings. The minimum absolute atomic E-state index is 0. The summed E-state index contributed by atoms with van der Waals surface area (Å²) in [6.45, 7) is 8.32. The summed E-state index contributed by atoms with van der Waals surface area (Å²) in [4.78, 5) is 0. The minimum atomic E-state index is 0. The average Bonchev–Trinajstić information content (AvgIpc) is 2.39. The third kappa shape index (κ3) is 0.859. The Morgan fingerprint density at radius 2 is 2.09 bits per heavy atom. The standard InChI is InChI=1S/C9H16O2.2H2/c1-6-4-11-9(3)7(2)5-10-8(6)9;;/h6-8H,4-5H2,1-3H3;2*1H/t6-,7-,8?,9?;;/m1../s1. The first kappa shape index (κ1) is 7.56. The summed E-state index contributed by atoms with van der Waals surface area (Å²) >= 11 is 0. The molecule has 0 amide bonds. The highest BCUT2D eigenvalue weighted by Crippen LogP contribution is 2.43. The smallest absolute Gasteiger partial charge is 0.0965 e. The van der Waals surface area contributed by atoms with Gasteiger partial charge in [0.1, 0.15) is 0 Å². The average molecular weight is 160 g/mol. The van der Waals surface area contributed by atoms with Crippen molar-refractivity contribution in [3.05, 3.63) is 0 Å². The van der Waals surface area contributed by atoms with Gasteiger partial charge in [-0.05, 0) is 6.92 Å². The van der Waals surface area contributed by atoms with Crippen molar-refractivity contribution in [3.63, 3.8) is 0 Å². The van der Waals surface area contributed by atoms with Crippen LogP contribution in [0.2, 0.25) is 0 Å². The molecule has 2 heterocycles. The summed E-state index contributed by atoms with van der Waals surface area (Å²) in [6.07, 6.45) is 0.345. The first-order valence-corrected chi connectivity index (χ1v) is 4.40. The van der Waals surface area contributed by atoms with Crippen molar-refractivity contribution in [2.75, 3.05) is 13.2 Å². The van der Waals surface area contributed by atoms with Crippen molar-refractivity contribution in [1.29, 1.82) is 0 Å². The quantitative estimate of drug-likeness (QED) is 0.539. The minimum Gasteiger partial charge on any atom is -0.374 e. The number of hydrogen-bond acceptors (Lipinski definition) is 2. The number of ether oxygens (including phenoxy) is 2. The van der Waals surface area contributed by atoms with E-state index in [2.05, 4.69) is 20.8 Å². The molecule has 2 nitrogen and oxygen atoms in total. The van der Waals surface area contributed by atoms with E-state index in [1.807, 2.05) is 0 Å². The Labute approximate surface area is 70.8 Å². The predicted molar refractivity (Wildman–Crippen MR) is 46.7 cm³/mol. The first-order valence-electron chi connectivity index (χ1n) is 4.40. The molecule has 0 N–H and O–H groups in total. The van der Waals surface area contributed by atoms with E-state index in [9.17, 15) is 0 Å². The summed E-state index contributed by atoms with van der Waals surface area (Å²) in [5.74, 6) is 1.13. The molecule has 4 atom stereocenters. The first-order chi connectivity index (χ1) is 5.14. The molecule has 11 heavy (non-hydrogen) atoms. The number of rotatable bonds is 0. The van der Waals surface area contributed by atoms with Crippen LogP contribution in [0.25, 0.3) is 0 Å². The zero-order valence-corrected chi connectivity index (χ0v) is 7.46. The van der Waals surface area contributed by atoms with Gasteiger partial charge in [-0.2, -0.15) is 0 Å². The van der Waals surface area contributed by atoms with Crippen LogP contribution >= 0.6 is 0 Å². The molecule has 0 radical (unpaired) electrons. The van der Waals surface area contributed by atoms with Crippen molar-refractivity contribution in [3.8, 4) is 0 Å². The maximum Gasteiger partial charge on any atom is 0.0965 e. The zero-order valence-electron chi connectivity index (χ0n) is 7.46. The Hall–Kier alpha value is -0.0800. The van der Waals surface area contributed by atoms with E-state index < -0.39 is 0 Å². The maximum absolute atomic E-state index is 5.76. The molecule has 2 aliphatic heterocycles. The van der Waals surface area contributed by atoms with E-state index in [0.717, 1.165) is 13.2 Å². The molecule has 68 valence electrons. The predicted octanol–water partition coefficient (Wildman–Crippen LogP) is 1.94. The van der Waals surface area contributed by atoms with Crippen LogP contribution in [0.15, 0.2) is 0 Å².